The Labute approximate surface area is 184 Å². The molecule has 3 aromatic rings. The highest BCUT2D eigenvalue weighted by Gasteiger charge is 2.36. The SMILES string of the molecule is O=C1S/C(=C\c2cccn2-c2cccc(Br)c2)C(=O)N1Cc1c(F)cccc1Cl. The van der Waals surface area contributed by atoms with Crippen LogP contribution in [0.25, 0.3) is 11.8 Å². The van der Waals surface area contributed by atoms with Gasteiger partial charge in [0, 0.05) is 32.6 Å². The summed E-state index contributed by atoms with van der Waals surface area (Å²) in [6, 6.07) is 15.7. The van der Waals surface area contributed by atoms with Crippen LogP contribution in [0.4, 0.5) is 9.18 Å². The van der Waals surface area contributed by atoms with Gasteiger partial charge in [-0.2, -0.15) is 0 Å². The second kappa shape index (κ2) is 8.18. The summed E-state index contributed by atoms with van der Waals surface area (Å²) in [6.07, 6.45) is 3.53. The predicted octanol–water partition coefficient (Wildman–Crippen LogP) is 6.27. The fraction of sp³-hybridized carbons (Fsp3) is 0.0476. The van der Waals surface area contributed by atoms with E-state index in [1.807, 2.05) is 47.2 Å². The number of imide groups is 1. The number of amides is 2. The van der Waals surface area contributed by atoms with Gasteiger partial charge in [0.2, 0.25) is 0 Å². The fourth-order valence-corrected chi connectivity index (χ4v) is 4.42. The fourth-order valence-electron chi connectivity index (χ4n) is 2.98. The Bertz CT molecular complexity index is 1140. The van der Waals surface area contributed by atoms with Crippen LogP contribution in [0.3, 0.4) is 0 Å². The number of rotatable bonds is 4. The Morgan fingerprint density at radius 3 is 2.66 bits per heavy atom. The van der Waals surface area contributed by atoms with Gasteiger partial charge in [0.1, 0.15) is 5.82 Å². The van der Waals surface area contributed by atoms with Crippen LogP contribution in [0.5, 0.6) is 0 Å². The summed E-state index contributed by atoms with van der Waals surface area (Å²) < 4.78 is 16.9. The molecule has 0 unspecified atom stereocenters. The highest BCUT2D eigenvalue weighted by atomic mass is 79.9. The summed E-state index contributed by atoms with van der Waals surface area (Å²) in [4.78, 5) is 26.5. The number of carbonyl (C=O) groups excluding carboxylic acids is 2. The molecule has 0 N–H and O–H groups in total. The van der Waals surface area contributed by atoms with E-state index >= 15 is 0 Å². The highest BCUT2D eigenvalue weighted by molar-refractivity contribution is 9.10. The molecule has 146 valence electrons. The van der Waals surface area contributed by atoms with Gasteiger partial charge in [-0.1, -0.05) is 39.7 Å². The Morgan fingerprint density at radius 1 is 1.10 bits per heavy atom. The van der Waals surface area contributed by atoms with E-state index in [4.69, 9.17) is 11.6 Å². The largest absolute Gasteiger partial charge is 0.317 e. The summed E-state index contributed by atoms with van der Waals surface area (Å²) in [7, 11) is 0. The Kier molecular flexibility index (Phi) is 5.63. The lowest BCUT2D eigenvalue weighted by molar-refractivity contribution is -0.123. The van der Waals surface area contributed by atoms with Crippen LogP contribution >= 0.6 is 39.3 Å². The second-order valence-electron chi connectivity index (χ2n) is 6.25. The van der Waals surface area contributed by atoms with E-state index in [2.05, 4.69) is 15.9 Å². The standard InChI is InChI=1S/C21H13BrClFN2O2S/c22-13-4-1-5-14(10-13)25-9-3-6-15(25)11-19-20(27)26(21(28)29-19)12-16-17(23)7-2-8-18(16)24/h1-11H,12H2/b19-11-. The van der Waals surface area contributed by atoms with Gasteiger partial charge in [0.05, 0.1) is 11.4 Å². The maximum atomic E-state index is 14.1. The summed E-state index contributed by atoms with van der Waals surface area (Å²) >= 11 is 10.3. The lowest BCUT2D eigenvalue weighted by atomic mass is 10.2. The number of carbonyl (C=O) groups is 2. The molecule has 4 rings (SSSR count). The van der Waals surface area contributed by atoms with Crippen LogP contribution in [0, 0.1) is 5.82 Å². The van der Waals surface area contributed by atoms with E-state index in [9.17, 15) is 14.0 Å². The number of hydrogen-bond acceptors (Lipinski definition) is 3. The van der Waals surface area contributed by atoms with Crippen LogP contribution in [-0.4, -0.2) is 20.6 Å². The lowest BCUT2D eigenvalue weighted by Crippen LogP contribution is -2.28. The molecule has 0 bridgehead atoms. The van der Waals surface area contributed by atoms with Crippen molar-refractivity contribution in [3.63, 3.8) is 0 Å². The smallest absolute Gasteiger partial charge is 0.293 e. The molecule has 1 aliphatic heterocycles. The van der Waals surface area contributed by atoms with Gasteiger partial charge < -0.3 is 4.57 Å². The molecule has 0 saturated carbocycles. The molecule has 4 nitrogen and oxygen atoms in total. The zero-order chi connectivity index (χ0) is 20.5. The topological polar surface area (TPSA) is 42.3 Å². The Morgan fingerprint density at radius 2 is 1.90 bits per heavy atom. The number of hydrogen-bond donors (Lipinski definition) is 0. The summed E-state index contributed by atoms with van der Waals surface area (Å²) in [6.45, 7) is -0.208. The van der Waals surface area contributed by atoms with E-state index in [-0.39, 0.29) is 22.0 Å². The molecule has 0 aliphatic carbocycles. The van der Waals surface area contributed by atoms with Gasteiger partial charge >= 0.3 is 0 Å². The molecular weight excluding hydrogens is 479 g/mol. The molecule has 1 fully saturated rings. The Balaban J connectivity index is 1.63. The minimum atomic E-state index is -0.552. The van der Waals surface area contributed by atoms with Crippen molar-refractivity contribution in [2.75, 3.05) is 0 Å². The second-order valence-corrected chi connectivity index (χ2v) is 8.57. The van der Waals surface area contributed by atoms with Crippen LogP contribution in [0.15, 0.2) is 70.2 Å². The van der Waals surface area contributed by atoms with E-state index in [1.54, 1.807) is 6.08 Å². The van der Waals surface area contributed by atoms with Gasteiger partial charge in [0.25, 0.3) is 11.1 Å². The van der Waals surface area contributed by atoms with Crippen molar-refractivity contribution in [1.29, 1.82) is 0 Å². The van der Waals surface area contributed by atoms with E-state index in [0.717, 1.165) is 32.5 Å². The molecule has 0 radical (unpaired) electrons. The van der Waals surface area contributed by atoms with Crippen LogP contribution in [-0.2, 0) is 11.3 Å². The van der Waals surface area contributed by atoms with Crippen molar-refractivity contribution in [1.82, 2.24) is 9.47 Å². The summed E-state index contributed by atoms with van der Waals surface area (Å²) in [5.41, 5.74) is 1.78. The van der Waals surface area contributed by atoms with Crippen molar-refractivity contribution in [3.8, 4) is 5.69 Å². The first-order chi connectivity index (χ1) is 13.9. The van der Waals surface area contributed by atoms with Gasteiger partial charge in [-0.15, -0.1) is 0 Å². The highest BCUT2D eigenvalue weighted by Crippen LogP contribution is 2.35. The van der Waals surface area contributed by atoms with Crippen molar-refractivity contribution < 1.29 is 14.0 Å². The van der Waals surface area contributed by atoms with Gasteiger partial charge in [0.15, 0.2) is 0 Å². The third-order valence-corrected chi connectivity index (χ3v) is 6.15. The van der Waals surface area contributed by atoms with Crippen molar-refractivity contribution in [3.05, 3.63) is 92.3 Å². The number of halogens is 3. The predicted molar refractivity (Wildman–Crippen MR) is 116 cm³/mol. The van der Waals surface area contributed by atoms with Gasteiger partial charge in [-0.05, 0) is 60.3 Å². The average Bonchev–Trinajstić information content (AvgIpc) is 3.24. The van der Waals surface area contributed by atoms with E-state index in [0.29, 0.717) is 0 Å². The molecule has 29 heavy (non-hydrogen) atoms. The lowest BCUT2D eigenvalue weighted by Gasteiger charge is -2.14. The molecular formula is C21H13BrClFN2O2S. The first-order valence-electron chi connectivity index (χ1n) is 8.55. The molecule has 2 heterocycles. The summed E-state index contributed by atoms with van der Waals surface area (Å²) in [5, 5.41) is -0.280. The molecule has 8 heteroatoms. The molecule has 2 aromatic carbocycles. The molecule has 1 aromatic heterocycles. The number of nitrogens with zero attached hydrogens (tertiary/aromatic N) is 2. The first kappa shape index (κ1) is 19.9. The molecule has 0 spiro atoms. The Hall–Kier alpha value is -2.35. The van der Waals surface area contributed by atoms with Gasteiger partial charge in [-0.25, -0.2) is 4.39 Å². The number of thioether (sulfide) groups is 1. The maximum absolute atomic E-state index is 14.1. The summed E-state index contributed by atoms with van der Waals surface area (Å²) in [5.74, 6) is -1.02. The molecule has 1 saturated heterocycles. The number of aromatic nitrogens is 1. The van der Waals surface area contributed by atoms with Crippen LogP contribution in [0.2, 0.25) is 5.02 Å². The van der Waals surface area contributed by atoms with Gasteiger partial charge in [-0.3, -0.25) is 14.5 Å². The normalized spacial score (nSPS) is 15.6. The quantitative estimate of drug-likeness (QED) is 0.404. The third-order valence-electron chi connectivity index (χ3n) is 4.40. The van der Waals surface area contributed by atoms with Crippen LogP contribution < -0.4 is 0 Å². The van der Waals surface area contributed by atoms with E-state index in [1.165, 1.54) is 18.2 Å². The van der Waals surface area contributed by atoms with Crippen LogP contribution in [0.1, 0.15) is 11.3 Å². The third kappa shape index (κ3) is 4.03. The number of benzene rings is 2. The first-order valence-corrected chi connectivity index (χ1v) is 10.5. The average molecular weight is 492 g/mol. The zero-order valence-electron chi connectivity index (χ0n) is 14.8. The minimum Gasteiger partial charge on any atom is -0.317 e. The van der Waals surface area contributed by atoms with E-state index < -0.39 is 17.0 Å². The molecule has 2 amide bonds. The van der Waals surface area contributed by atoms with Crippen molar-refractivity contribution in [2.45, 2.75) is 6.54 Å². The van der Waals surface area contributed by atoms with Crippen molar-refractivity contribution in [2.24, 2.45) is 0 Å². The molecule has 0 atom stereocenters. The maximum Gasteiger partial charge on any atom is 0.293 e. The van der Waals surface area contributed by atoms with Crippen molar-refractivity contribution >= 4 is 56.5 Å². The zero-order valence-corrected chi connectivity index (χ0v) is 18.0. The molecule has 1 aliphatic rings. The minimum absolute atomic E-state index is 0.121. The monoisotopic (exact) mass is 490 g/mol.